The number of nitrogens with one attached hydrogen (secondary N) is 1. The summed E-state index contributed by atoms with van der Waals surface area (Å²) in [6.07, 6.45) is 2.70. The fourth-order valence-corrected chi connectivity index (χ4v) is 3.91. The van der Waals surface area contributed by atoms with Gasteiger partial charge >= 0.3 is 0 Å². The molecule has 1 aromatic heterocycles. The van der Waals surface area contributed by atoms with Crippen LogP contribution < -0.4 is 10.1 Å². The summed E-state index contributed by atoms with van der Waals surface area (Å²) in [6.45, 7) is 6.42. The van der Waals surface area contributed by atoms with E-state index in [4.69, 9.17) is 4.74 Å². The molecule has 0 aliphatic carbocycles. The third-order valence-electron chi connectivity index (χ3n) is 4.68. The Balaban J connectivity index is 1.57. The Morgan fingerprint density at radius 3 is 2.63 bits per heavy atom. The fraction of sp³-hybridized carbons (Fsp3) is 0.348. The van der Waals surface area contributed by atoms with Gasteiger partial charge in [0.15, 0.2) is 5.16 Å². The molecule has 0 spiro atoms. The molecule has 1 heterocycles. The number of amides is 1. The number of hydrogen-bond acceptors (Lipinski definition) is 5. The summed E-state index contributed by atoms with van der Waals surface area (Å²) in [7, 11) is 1.63. The molecule has 0 bridgehead atoms. The van der Waals surface area contributed by atoms with E-state index in [-0.39, 0.29) is 17.7 Å². The van der Waals surface area contributed by atoms with Gasteiger partial charge in [0.05, 0.1) is 24.6 Å². The molecule has 1 atom stereocenters. The average Bonchev–Trinajstić information content (AvgIpc) is 3.21. The molecule has 0 saturated carbocycles. The first-order valence-electron chi connectivity index (χ1n) is 10.0. The smallest absolute Gasteiger partial charge is 0.230 e. The number of aromatic nitrogens is 3. The molecule has 6 nitrogen and oxygen atoms in total. The Morgan fingerprint density at radius 1 is 1.17 bits per heavy atom. The largest absolute Gasteiger partial charge is 0.497 e. The second-order valence-electron chi connectivity index (χ2n) is 7.60. The Morgan fingerprint density at radius 2 is 1.93 bits per heavy atom. The lowest BCUT2D eigenvalue weighted by Gasteiger charge is -2.15. The normalized spacial score (nSPS) is 12.0. The molecule has 0 fully saturated rings. The molecule has 0 aliphatic rings. The topological polar surface area (TPSA) is 69.0 Å². The van der Waals surface area contributed by atoms with Gasteiger partial charge in [-0.3, -0.25) is 9.36 Å². The highest BCUT2D eigenvalue weighted by Crippen LogP contribution is 2.23. The van der Waals surface area contributed by atoms with Crippen molar-refractivity contribution < 1.29 is 9.53 Å². The summed E-state index contributed by atoms with van der Waals surface area (Å²) in [5.74, 6) is 1.60. The number of nitrogens with zero attached hydrogens (tertiary/aromatic N) is 3. The maximum Gasteiger partial charge on any atom is 0.230 e. The highest BCUT2D eigenvalue weighted by Gasteiger charge is 2.13. The minimum absolute atomic E-state index is 0.0426. The minimum atomic E-state index is -0.0533. The predicted octanol–water partition coefficient (Wildman–Crippen LogP) is 4.44. The van der Waals surface area contributed by atoms with Crippen LogP contribution in [0, 0.1) is 5.92 Å². The number of ether oxygens (including phenoxy) is 1. The molecular formula is C23H28N4O2S. The highest BCUT2D eigenvalue weighted by molar-refractivity contribution is 7.99. The molecule has 1 N–H and O–H groups in total. The third kappa shape index (κ3) is 5.86. The maximum absolute atomic E-state index is 12.5. The third-order valence-corrected chi connectivity index (χ3v) is 5.62. The summed E-state index contributed by atoms with van der Waals surface area (Å²) in [5.41, 5.74) is 3.30. The lowest BCUT2D eigenvalue weighted by Crippen LogP contribution is -2.28. The molecule has 0 radical (unpaired) electrons. The van der Waals surface area contributed by atoms with Crippen LogP contribution in [-0.4, -0.2) is 33.5 Å². The monoisotopic (exact) mass is 424 g/mol. The number of rotatable bonds is 9. The van der Waals surface area contributed by atoms with Gasteiger partial charge in [0, 0.05) is 6.07 Å². The van der Waals surface area contributed by atoms with Crippen LogP contribution in [0.25, 0.3) is 5.69 Å². The molecule has 3 rings (SSSR count). The van der Waals surface area contributed by atoms with Crippen molar-refractivity contribution in [3.63, 3.8) is 0 Å². The van der Waals surface area contributed by atoms with Crippen molar-refractivity contribution in [2.24, 2.45) is 5.92 Å². The van der Waals surface area contributed by atoms with E-state index in [0.717, 1.165) is 23.4 Å². The first kappa shape index (κ1) is 21.9. The molecule has 7 heteroatoms. The standard InChI is InChI=1S/C23H28N4O2S/c1-16(2)12-18-8-10-19(11-9-18)17(3)25-22(28)14-30-23-26-24-15-27(23)20-6-5-7-21(13-20)29-4/h5-11,13,15-17H,12,14H2,1-4H3,(H,25,28). The van der Waals surface area contributed by atoms with E-state index < -0.39 is 0 Å². The van der Waals surface area contributed by atoms with Crippen LogP contribution in [-0.2, 0) is 11.2 Å². The van der Waals surface area contributed by atoms with Gasteiger partial charge in [-0.25, -0.2) is 0 Å². The Hall–Kier alpha value is -2.80. The fourth-order valence-electron chi connectivity index (χ4n) is 3.17. The van der Waals surface area contributed by atoms with Crippen LogP contribution in [0.3, 0.4) is 0 Å². The van der Waals surface area contributed by atoms with Crippen molar-refractivity contribution in [1.82, 2.24) is 20.1 Å². The van der Waals surface area contributed by atoms with E-state index in [0.29, 0.717) is 11.1 Å². The summed E-state index contributed by atoms with van der Waals surface area (Å²) in [4.78, 5) is 12.5. The van der Waals surface area contributed by atoms with Crippen LogP contribution >= 0.6 is 11.8 Å². The van der Waals surface area contributed by atoms with Crippen molar-refractivity contribution in [3.8, 4) is 11.4 Å². The molecule has 3 aromatic rings. The molecule has 0 aliphatic heterocycles. The summed E-state index contributed by atoms with van der Waals surface area (Å²) in [6, 6.07) is 16.0. The maximum atomic E-state index is 12.5. The second kappa shape index (κ2) is 10.3. The van der Waals surface area contributed by atoms with Crippen molar-refractivity contribution in [2.75, 3.05) is 12.9 Å². The van der Waals surface area contributed by atoms with Crippen LogP contribution in [0.2, 0.25) is 0 Å². The van der Waals surface area contributed by atoms with Crippen LogP contribution in [0.1, 0.15) is 37.9 Å². The SMILES string of the molecule is COc1cccc(-n2cnnc2SCC(=O)NC(C)c2ccc(CC(C)C)cc2)c1. The van der Waals surface area contributed by atoms with Crippen LogP contribution in [0.5, 0.6) is 5.75 Å². The van der Waals surface area contributed by atoms with Crippen molar-refractivity contribution in [1.29, 1.82) is 0 Å². The van der Waals surface area contributed by atoms with Gasteiger partial charge < -0.3 is 10.1 Å². The molecule has 30 heavy (non-hydrogen) atoms. The van der Waals surface area contributed by atoms with E-state index >= 15 is 0 Å². The lowest BCUT2D eigenvalue weighted by atomic mass is 10.00. The van der Waals surface area contributed by atoms with E-state index in [2.05, 4.69) is 53.6 Å². The van der Waals surface area contributed by atoms with Crippen LogP contribution in [0.4, 0.5) is 0 Å². The minimum Gasteiger partial charge on any atom is -0.497 e. The van der Waals surface area contributed by atoms with E-state index in [1.54, 1.807) is 13.4 Å². The zero-order chi connectivity index (χ0) is 21.5. The van der Waals surface area contributed by atoms with Crippen LogP contribution in [0.15, 0.2) is 60.0 Å². The van der Waals surface area contributed by atoms with E-state index in [9.17, 15) is 4.79 Å². The van der Waals surface area contributed by atoms with Crippen molar-refractivity contribution >= 4 is 17.7 Å². The highest BCUT2D eigenvalue weighted by atomic mass is 32.2. The summed E-state index contributed by atoms with van der Waals surface area (Å²) >= 11 is 1.35. The van der Waals surface area contributed by atoms with Crippen molar-refractivity contribution in [2.45, 2.75) is 38.4 Å². The Bertz CT molecular complexity index is 969. The zero-order valence-corrected chi connectivity index (χ0v) is 18.6. The predicted molar refractivity (Wildman–Crippen MR) is 120 cm³/mol. The van der Waals surface area contributed by atoms with E-state index in [1.165, 1.54) is 17.3 Å². The summed E-state index contributed by atoms with van der Waals surface area (Å²) in [5, 5.41) is 11.9. The first-order chi connectivity index (χ1) is 14.5. The number of hydrogen-bond donors (Lipinski definition) is 1. The number of carbonyl (C=O) groups is 1. The molecule has 0 saturated heterocycles. The number of thioether (sulfide) groups is 1. The van der Waals surface area contributed by atoms with E-state index in [1.807, 2.05) is 35.8 Å². The average molecular weight is 425 g/mol. The number of benzene rings is 2. The molecule has 2 aromatic carbocycles. The van der Waals surface area contributed by atoms with Gasteiger partial charge in [-0.05, 0) is 42.5 Å². The van der Waals surface area contributed by atoms with Gasteiger partial charge in [-0.15, -0.1) is 10.2 Å². The second-order valence-corrected chi connectivity index (χ2v) is 8.54. The number of carbonyl (C=O) groups excluding carboxylic acids is 1. The summed E-state index contributed by atoms with van der Waals surface area (Å²) < 4.78 is 7.12. The molecule has 158 valence electrons. The van der Waals surface area contributed by atoms with Gasteiger partial charge in [-0.1, -0.05) is 55.9 Å². The zero-order valence-electron chi connectivity index (χ0n) is 17.8. The van der Waals surface area contributed by atoms with Crippen molar-refractivity contribution in [3.05, 3.63) is 66.0 Å². The lowest BCUT2D eigenvalue weighted by molar-refractivity contribution is -0.119. The molecule has 1 unspecified atom stereocenters. The van der Waals surface area contributed by atoms with Gasteiger partial charge in [-0.2, -0.15) is 0 Å². The van der Waals surface area contributed by atoms with Gasteiger partial charge in [0.2, 0.25) is 5.91 Å². The van der Waals surface area contributed by atoms with Gasteiger partial charge in [0.1, 0.15) is 12.1 Å². The first-order valence-corrected chi connectivity index (χ1v) is 11.0. The quantitative estimate of drug-likeness (QED) is 0.514. The number of methoxy groups -OCH3 is 1. The Kier molecular flexibility index (Phi) is 7.52. The van der Waals surface area contributed by atoms with Gasteiger partial charge in [0.25, 0.3) is 0 Å². The Labute approximate surface area is 182 Å². The molecular weight excluding hydrogens is 396 g/mol. The molecule has 1 amide bonds.